The van der Waals surface area contributed by atoms with Crippen LogP contribution >= 0.6 is 0 Å². The number of aromatic nitrogens is 2. The first-order valence-electron chi connectivity index (χ1n) is 4.93. The second kappa shape index (κ2) is 4.76. The largest absolute Gasteiger partial charge is 0.479 e. The molecule has 0 radical (unpaired) electrons. The van der Waals surface area contributed by atoms with Gasteiger partial charge >= 0.3 is 0 Å². The summed E-state index contributed by atoms with van der Waals surface area (Å²) in [7, 11) is 3.44. The summed E-state index contributed by atoms with van der Waals surface area (Å²) in [5.41, 5.74) is 1.60. The SMILES string of the molecule is CNCc1occc1-c1nccnc1OC. The van der Waals surface area contributed by atoms with Crippen LogP contribution in [0.4, 0.5) is 0 Å². The molecule has 2 heterocycles. The Labute approximate surface area is 93.5 Å². The Morgan fingerprint density at radius 3 is 2.94 bits per heavy atom. The fourth-order valence-electron chi connectivity index (χ4n) is 1.51. The molecule has 2 aromatic heterocycles. The number of hydrogen-bond acceptors (Lipinski definition) is 5. The monoisotopic (exact) mass is 219 g/mol. The van der Waals surface area contributed by atoms with Gasteiger partial charge in [-0.25, -0.2) is 9.97 Å². The summed E-state index contributed by atoms with van der Waals surface area (Å²) in [6.45, 7) is 0.641. The third kappa shape index (κ3) is 1.90. The van der Waals surface area contributed by atoms with Crippen LogP contribution in [0.1, 0.15) is 5.76 Å². The fourth-order valence-corrected chi connectivity index (χ4v) is 1.51. The summed E-state index contributed by atoms with van der Waals surface area (Å²) >= 11 is 0. The van der Waals surface area contributed by atoms with Crippen LogP contribution in [0, 0.1) is 0 Å². The zero-order valence-electron chi connectivity index (χ0n) is 9.23. The van der Waals surface area contributed by atoms with Crippen molar-refractivity contribution in [2.24, 2.45) is 0 Å². The molecule has 1 N–H and O–H groups in total. The lowest BCUT2D eigenvalue weighted by atomic mass is 10.2. The van der Waals surface area contributed by atoms with Gasteiger partial charge in [0.15, 0.2) is 0 Å². The molecule has 84 valence electrons. The lowest BCUT2D eigenvalue weighted by Gasteiger charge is -2.05. The van der Waals surface area contributed by atoms with Gasteiger partial charge in [-0.3, -0.25) is 0 Å². The average molecular weight is 219 g/mol. The molecule has 5 nitrogen and oxygen atoms in total. The van der Waals surface area contributed by atoms with E-state index < -0.39 is 0 Å². The first-order chi connectivity index (χ1) is 7.86. The predicted molar refractivity (Wildman–Crippen MR) is 59.0 cm³/mol. The molecule has 0 unspecified atom stereocenters. The molecule has 5 heteroatoms. The topological polar surface area (TPSA) is 60.2 Å². The number of rotatable bonds is 4. The summed E-state index contributed by atoms with van der Waals surface area (Å²) < 4.78 is 10.5. The fraction of sp³-hybridized carbons (Fsp3) is 0.273. The van der Waals surface area contributed by atoms with Crippen molar-refractivity contribution in [3.8, 4) is 17.1 Å². The van der Waals surface area contributed by atoms with Crippen molar-refractivity contribution >= 4 is 0 Å². The standard InChI is InChI=1S/C11H13N3O2/c1-12-7-9-8(3-6-16-9)10-11(15-2)14-5-4-13-10/h3-6,12H,7H2,1-2H3. The van der Waals surface area contributed by atoms with E-state index in [1.165, 1.54) is 0 Å². The first-order valence-corrected chi connectivity index (χ1v) is 4.93. The molecule has 0 saturated heterocycles. The zero-order valence-corrected chi connectivity index (χ0v) is 9.23. The van der Waals surface area contributed by atoms with Crippen molar-refractivity contribution in [1.82, 2.24) is 15.3 Å². The van der Waals surface area contributed by atoms with E-state index in [4.69, 9.17) is 9.15 Å². The van der Waals surface area contributed by atoms with Crippen LogP contribution in [0.15, 0.2) is 29.1 Å². The van der Waals surface area contributed by atoms with Gasteiger partial charge in [0.05, 0.1) is 19.9 Å². The van der Waals surface area contributed by atoms with Crippen molar-refractivity contribution in [2.45, 2.75) is 6.54 Å². The second-order valence-electron chi connectivity index (χ2n) is 3.20. The van der Waals surface area contributed by atoms with Gasteiger partial charge in [-0.15, -0.1) is 0 Å². The summed E-state index contributed by atoms with van der Waals surface area (Å²) in [5, 5.41) is 3.03. The molecule has 0 aliphatic heterocycles. The van der Waals surface area contributed by atoms with Crippen LogP contribution in [0.5, 0.6) is 5.88 Å². The second-order valence-corrected chi connectivity index (χ2v) is 3.20. The number of methoxy groups -OCH3 is 1. The highest BCUT2D eigenvalue weighted by atomic mass is 16.5. The average Bonchev–Trinajstić information content (AvgIpc) is 2.77. The maximum atomic E-state index is 5.37. The molecule has 0 aliphatic carbocycles. The number of furan rings is 1. The van der Waals surface area contributed by atoms with Crippen molar-refractivity contribution in [3.05, 3.63) is 30.5 Å². The maximum absolute atomic E-state index is 5.37. The molecule has 2 rings (SSSR count). The molecule has 0 spiro atoms. The Hall–Kier alpha value is -1.88. The Bertz CT molecular complexity index is 468. The van der Waals surface area contributed by atoms with Crippen molar-refractivity contribution in [3.63, 3.8) is 0 Å². The minimum Gasteiger partial charge on any atom is -0.479 e. The molecule has 0 amide bonds. The summed E-state index contributed by atoms with van der Waals surface area (Å²) in [6, 6.07) is 1.86. The number of hydrogen-bond donors (Lipinski definition) is 1. The summed E-state index contributed by atoms with van der Waals surface area (Å²) in [5.74, 6) is 1.32. The highest BCUT2D eigenvalue weighted by Crippen LogP contribution is 2.28. The van der Waals surface area contributed by atoms with E-state index in [0.29, 0.717) is 18.1 Å². The van der Waals surface area contributed by atoms with E-state index in [9.17, 15) is 0 Å². The van der Waals surface area contributed by atoms with Gasteiger partial charge in [0.2, 0.25) is 5.88 Å². The van der Waals surface area contributed by atoms with E-state index >= 15 is 0 Å². The molecular formula is C11H13N3O2. The van der Waals surface area contributed by atoms with E-state index in [2.05, 4.69) is 15.3 Å². The number of nitrogens with zero attached hydrogens (tertiary/aromatic N) is 2. The van der Waals surface area contributed by atoms with E-state index in [1.807, 2.05) is 13.1 Å². The first kappa shape index (κ1) is 10.6. The van der Waals surface area contributed by atoms with Crippen LogP contribution in [-0.4, -0.2) is 24.1 Å². The third-order valence-electron chi connectivity index (χ3n) is 2.20. The van der Waals surface area contributed by atoms with Crippen molar-refractivity contribution in [2.75, 3.05) is 14.2 Å². The van der Waals surface area contributed by atoms with Gasteiger partial charge in [-0.2, -0.15) is 0 Å². The van der Waals surface area contributed by atoms with Crippen LogP contribution in [0.3, 0.4) is 0 Å². The third-order valence-corrected chi connectivity index (χ3v) is 2.20. The van der Waals surface area contributed by atoms with E-state index in [0.717, 1.165) is 11.3 Å². The quantitative estimate of drug-likeness (QED) is 0.843. The lowest BCUT2D eigenvalue weighted by molar-refractivity contribution is 0.397. The van der Waals surface area contributed by atoms with Crippen LogP contribution < -0.4 is 10.1 Å². The molecule has 0 atom stereocenters. The molecule has 2 aromatic rings. The molecule has 0 fully saturated rings. The molecular weight excluding hydrogens is 206 g/mol. The normalized spacial score (nSPS) is 10.4. The molecule has 0 bridgehead atoms. The van der Waals surface area contributed by atoms with E-state index in [1.54, 1.807) is 25.8 Å². The Kier molecular flexibility index (Phi) is 3.16. The Morgan fingerprint density at radius 2 is 2.19 bits per heavy atom. The molecule has 0 saturated carbocycles. The van der Waals surface area contributed by atoms with E-state index in [-0.39, 0.29) is 0 Å². The summed E-state index contributed by atoms with van der Waals surface area (Å²) in [4.78, 5) is 8.37. The van der Waals surface area contributed by atoms with Gasteiger partial charge in [-0.1, -0.05) is 0 Å². The molecule has 0 aliphatic rings. The summed E-state index contributed by atoms with van der Waals surface area (Å²) in [6.07, 6.45) is 4.87. The number of ether oxygens (including phenoxy) is 1. The van der Waals surface area contributed by atoms with Gasteiger partial charge in [0.1, 0.15) is 11.5 Å². The molecule has 16 heavy (non-hydrogen) atoms. The minimum absolute atomic E-state index is 0.501. The Balaban J connectivity index is 2.45. The van der Waals surface area contributed by atoms with Crippen LogP contribution in [-0.2, 0) is 6.54 Å². The van der Waals surface area contributed by atoms with Gasteiger partial charge in [-0.05, 0) is 13.1 Å². The molecule has 0 aromatic carbocycles. The minimum atomic E-state index is 0.501. The smallest absolute Gasteiger partial charge is 0.240 e. The van der Waals surface area contributed by atoms with Crippen LogP contribution in [0.2, 0.25) is 0 Å². The van der Waals surface area contributed by atoms with Crippen molar-refractivity contribution in [1.29, 1.82) is 0 Å². The van der Waals surface area contributed by atoms with Crippen LogP contribution in [0.25, 0.3) is 11.3 Å². The highest BCUT2D eigenvalue weighted by molar-refractivity contribution is 5.65. The zero-order chi connectivity index (χ0) is 11.4. The van der Waals surface area contributed by atoms with Gasteiger partial charge in [0.25, 0.3) is 0 Å². The maximum Gasteiger partial charge on any atom is 0.240 e. The predicted octanol–water partition coefficient (Wildman–Crippen LogP) is 1.46. The lowest BCUT2D eigenvalue weighted by Crippen LogP contribution is -2.05. The highest BCUT2D eigenvalue weighted by Gasteiger charge is 2.14. The Morgan fingerprint density at radius 1 is 1.38 bits per heavy atom. The number of nitrogens with one attached hydrogen (secondary N) is 1. The van der Waals surface area contributed by atoms with Gasteiger partial charge in [0, 0.05) is 18.0 Å². The van der Waals surface area contributed by atoms with Gasteiger partial charge < -0.3 is 14.5 Å². The van der Waals surface area contributed by atoms with Crippen molar-refractivity contribution < 1.29 is 9.15 Å².